The smallest absolute Gasteiger partial charge is 0.349 e. The fourth-order valence-corrected chi connectivity index (χ4v) is 5.42. The fourth-order valence-electron chi connectivity index (χ4n) is 4.60. The number of ether oxygens (including phenoxy) is 1. The molecule has 1 amide bonds. The molecular formula is C27H22N2O4S. The SMILES string of the molecule is O=C(c1cc2c(ccc3ccccc32)oc1=O)N1CCC(COc2nc3ccccc3s2)CC1. The van der Waals surface area contributed by atoms with E-state index >= 15 is 0 Å². The first-order valence-electron chi connectivity index (χ1n) is 11.4. The van der Waals surface area contributed by atoms with E-state index in [9.17, 15) is 9.59 Å². The van der Waals surface area contributed by atoms with Gasteiger partial charge in [-0.3, -0.25) is 4.79 Å². The van der Waals surface area contributed by atoms with Crippen LogP contribution in [0.3, 0.4) is 0 Å². The summed E-state index contributed by atoms with van der Waals surface area (Å²) >= 11 is 1.55. The van der Waals surface area contributed by atoms with Crippen LogP contribution in [-0.2, 0) is 0 Å². The summed E-state index contributed by atoms with van der Waals surface area (Å²) in [4.78, 5) is 32.1. The quantitative estimate of drug-likeness (QED) is 0.257. The first-order chi connectivity index (χ1) is 16.7. The molecule has 1 aliphatic heterocycles. The van der Waals surface area contributed by atoms with E-state index in [0.29, 0.717) is 36.4 Å². The molecule has 0 unspecified atom stereocenters. The highest BCUT2D eigenvalue weighted by atomic mass is 32.1. The van der Waals surface area contributed by atoms with Crippen molar-refractivity contribution >= 4 is 49.2 Å². The number of rotatable bonds is 4. The number of hydrogen-bond donors (Lipinski definition) is 0. The number of nitrogens with zero attached hydrogens (tertiary/aromatic N) is 2. The summed E-state index contributed by atoms with van der Waals surface area (Å²) in [6.07, 6.45) is 1.64. The first-order valence-corrected chi connectivity index (χ1v) is 12.2. The van der Waals surface area contributed by atoms with Gasteiger partial charge in [0.25, 0.3) is 11.1 Å². The molecule has 0 saturated carbocycles. The summed E-state index contributed by atoms with van der Waals surface area (Å²) in [7, 11) is 0. The second-order valence-corrected chi connectivity index (χ2v) is 9.63. The number of amides is 1. The summed E-state index contributed by atoms with van der Waals surface area (Å²) in [5.41, 5.74) is 0.943. The van der Waals surface area contributed by atoms with Crippen LogP contribution in [0.2, 0.25) is 0 Å². The maximum Gasteiger partial charge on any atom is 0.349 e. The highest BCUT2D eigenvalue weighted by Gasteiger charge is 2.27. The third-order valence-corrected chi connectivity index (χ3v) is 7.44. The van der Waals surface area contributed by atoms with E-state index in [-0.39, 0.29) is 11.5 Å². The molecule has 1 fully saturated rings. The number of carbonyl (C=O) groups excluding carboxylic acids is 1. The Hall–Kier alpha value is -3.71. The van der Waals surface area contributed by atoms with Crippen LogP contribution < -0.4 is 10.4 Å². The highest BCUT2D eigenvalue weighted by Crippen LogP contribution is 2.29. The number of para-hydroxylation sites is 1. The molecule has 0 spiro atoms. The Labute approximate surface area is 199 Å². The second-order valence-electron chi connectivity index (χ2n) is 8.64. The lowest BCUT2D eigenvalue weighted by Gasteiger charge is -2.31. The van der Waals surface area contributed by atoms with Crippen LogP contribution >= 0.6 is 11.3 Å². The van der Waals surface area contributed by atoms with Gasteiger partial charge in [0.1, 0.15) is 11.1 Å². The molecule has 0 N–H and O–H groups in total. The molecule has 0 atom stereocenters. The topological polar surface area (TPSA) is 72.6 Å². The minimum absolute atomic E-state index is 0.0908. The Morgan fingerprint density at radius 2 is 1.82 bits per heavy atom. The lowest BCUT2D eigenvalue weighted by atomic mass is 9.97. The maximum atomic E-state index is 13.2. The van der Waals surface area contributed by atoms with Gasteiger partial charge in [-0.25, -0.2) is 9.78 Å². The van der Waals surface area contributed by atoms with Gasteiger partial charge in [0.05, 0.1) is 16.8 Å². The predicted octanol–water partition coefficient (Wildman–Crippen LogP) is 5.49. The summed E-state index contributed by atoms with van der Waals surface area (Å²) in [6, 6.07) is 21.3. The molecule has 7 heteroatoms. The normalized spacial score (nSPS) is 14.8. The molecule has 34 heavy (non-hydrogen) atoms. The van der Waals surface area contributed by atoms with E-state index < -0.39 is 5.63 Å². The monoisotopic (exact) mass is 470 g/mol. The van der Waals surface area contributed by atoms with Gasteiger partial charge in [0.15, 0.2) is 0 Å². The molecule has 3 aromatic carbocycles. The van der Waals surface area contributed by atoms with Gasteiger partial charge >= 0.3 is 5.63 Å². The zero-order valence-electron chi connectivity index (χ0n) is 18.4. The van der Waals surface area contributed by atoms with Gasteiger partial charge in [-0.05, 0) is 53.8 Å². The molecule has 0 aliphatic carbocycles. The number of hydrogen-bond acceptors (Lipinski definition) is 6. The van der Waals surface area contributed by atoms with E-state index in [1.54, 1.807) is 28.4 Å². The Bertz CT molecular complexity index is 1550. The maximum absolute atomic E-state index is 13.2. The molecule has 1 aliphatic rings. The second kappa shape index (κ2) is 8.57. The first kappa shape index (κ1) is 20.9. The Kier molecular flexibility index (Phi) is 5.26. The Morgan fingerprint density at radius 3 is 2.68 bits per heavy atom. The summed E-state index contributed by atoms with van der Waals surface area (Å²) in [6.45, 7) is 1.74. The zero-order chi connectivity index (χ0) is 23.1. The lowest BCUT2D eigenvalue weighted by Crippen LogP contribution is -2.41. The van der Waals surface area contributed by atoms with Crippen molar-refractivity contribution in [2.45, 2.75) is 12.8 Å². The molecule has 0 bridgehead atoms. The van der Waals surface area contributed by atoms with E-state index in [1.807, 2.05) is 54.6 Å². The van der Waals surface area contributed by atoms with Crippen molar-refractivity contribution in [2.24, 2.45) is 5.92 Å². The molecule has 0 radical (unpaired) electrons. The van der Waals surface area contributed by atoms with Crippen LogP contribution in [-0.4, -0.2) is 35.5 Å². The van der Waals surface area contributed by atoms with Crippen molar-refractivity contribution in [3.63, 3.8) is 0 Å². The number of benzene rings is 3. The standard InChI is InChI=1S/C27H22N2O4S/c30-25(21-15-20-19-6-2-1-5-18(19)9-10-23(20)33-26(21)31)29-13-11-17(12-14-29)16-32-27-28-22-7-3-4-8-24(22)34-27/h1-10,15,17H,11-14,16H2. The van der Waals surface area contributed by atoms with Gasteiger partial charge in [-0.1, -0.05) is 53.8 Å². The number of piperidine rings is 1. The average molecular weight is 471 g/mol. The largest absolute Gasteiger partial charge is 0.470 e. The van der Waals surface area contributed by atoms with E-state index in [1.165, 1.54) is 0 Å². The van der Waals surface area contributed by atoms with Gasteiger partial charge in [-0.2, -0.15) is 0 Å². The molecule has 6 rings (SSSR count). The highest BCUT2D eigenvalue weighted by molar-refractivity contribution is 7.20. The van der Waals surface area contributed by atoms with Crippen molar-refractivity contribution in [2.75, 3.05) is 19.7 Å². The van der Waals surface area contributed by atoms with Crippen molar-refractivity contribution < 1.29 is 13.9 Å². The summed E-state index contributed by atoms with van der Waals surface area (Å²) in [5.74, 6) is 0.0714. The molecule has 5 aromatic rings. The molecule has 2 aromatic heterocycles. The summed E-state index contributed by atoms with van der Waals surface area (Å²) < 4.78 is 12.6. The fraction of sp³-hybridized carbons (Fsp3) is 0.222. The lowest BCUT2D eigenvalue weighted by molar-refractivity contribution is 0.0657. The van der Waals surface area contributed by atoms with Gasteiger partial charge in [0, 0.05) is 18.5 Å². The van der Waals surface area contributed by atoms with Crippen molar-refractivity contribution in [1.29, 1.82) is 0 Å². The molecule has 170 valence electrons. The number of fused-ring (bicyclic) bond motifs is 4. The third kappa shape index (κ3) is 3.82. The van der Waals surface area contributed by atoms with Crippen molar-refractivity contribution in [3.05, 3.63) is 82.7 Å². The average Bonchev–Trinajstić information content (AvgIpc) is 3.30. The predicted molar refractivity (Wildman–Crippen MR) is 134 cm³/mol. The number of likely N-dealkylation sites (tertiary alicyclic amines) is 1. The third-order valence-electron chi connectivity index (χ3n) is 6.49. The van der Waals surface area contributed by atoms with Gasteiger partial charge in [-0.15, -0.1) is 0 Å². The van der Waals surface area contributed by atoms with Crippen LogP contribution in [0.5, 0.6) is 5.19 Å². The van der Waals surface area contributed by atoms with Crippen molar-refractivity contribution in [1.82, 2.24) is 9.88 Å². The molecule has 6 nitrogen and oxygen atoms in total. The molecule has 3 heterocycles. The summed E-state index contributed by atoms with van der Waals surface area (Å²) in [5, 5.41) is 3.46. The zero-order valence-corrected chi connectivity index (χ0v) is 19.2. The van der Waals surface area contributed by atoms with E-state index in [4.69, 9.17) is 9.15 Å². The van der Waals surface area contributed by atoms with Crippen LogP contribution in [0.1, 0.15) is 23.2 Å². The van der Waals surface area contributed by atoms with Crippen LogP contribution in [0, 0.1) is 5.92 Å². The minimum atomic E-state index is -0.589. The van der Waals surface area contributed by atoms with Gasteiger partial charge in [0.2, 0.25) is 0 Å². The van der Waals surface area contributed by atoms with Crippen molar-refractivity contribution in [3.8, 4) is 5.19 Å². The van der Waals surface area contributed by atoms with Crippen LogP contribution in [0.4, 0.5) is 0 Å². The molecular weight excluding hydrogens is 448 g/mol. The van der Waals surface area contributed by atoms with E-state index in [2.05, 4.69) is 4.98 Å². The Balaban J connectivity index is 1.15. The van der Waals surface area contributed by atoms with E-state index in [0.717, 1.165) is 39.2 Å². The Morgan fingerprint density at radius 1 is 1.03 bits per heavy atom. The van der Waals surface area contributed by atoms with Crippen LogP contribution in [0.25, 0.3) is 32.0 Å². The minimum Gasteiger partial charge on any atom is -0.470 e. The molecule has 1 saturated heterocycles. The number of aromatic nitrogens is 1. The number of thiazole rings is 1. The van der Waals surface area contributed by atoms with Crippen LogP contribution in [0.15, 0.2) is 75.9 Å². The van der Waals surface area contributed by atoms with Gasteiger partial charge < -0.3 is 14.1 Å². The number of carbonyl (C=O) groups is 1.